The number of alkyl halides is 1. The van der Waals surface area contributed by atoms with Crippen LogP contribution in [0.5, 0.6) is 5.75 Å². The third-order valence-corrected chi connectivity index (χ3v) is 2.18. The molecule has 0 bridgehead atoms. The minimum Gasteiger partial charge on any atom is -0.507 e. The quantitative estimate of drug-likeness (QED) is 0.840. The molecule has 0 aromatic heterocycles. The molecule has 0 unspecified atom stereocenters. The highest BCUT2D eigenvalue weighted by Crippen LogP contribution is 2.18. The predicted octanol–water partition coefficient (Wildman–Crippen LogP) is 3.06. The second kappa shape index (κ2) is 5.46. The molecule has 0 aliphatic heterocycles. The Hall–Kier alpha value is -1.27. The molecule has 14 heavy (non-hydrogen) atoms. The maximum atomic E-state index is 9.25. The number of allylic oxidation sites excluding steroid dienone is 1. The SMILES string of the molecule is N#Cc1cc(C=CCCBr)ccc1O. The largest absolute Gasteiger partial charge is 0.507 e. The van der Waals surface area contributed by atoms with Gasteiger partial charge in [-0.25, -0.2) is 0 Å². The first-order valence-electron chi connectivity index (χ1n) is 4.23. The smallest absolute Gasteiger partial charge is 0.133 e. The fraction of sp³-hybridized carbons (Fsp3) is 0.182. The Kier molecular flexibility index (Phi) is 4.21. The molecule has 0 amide bonds. The first-order valence-corrected chi connectivity index (χ1v) is 5.35. The summed E-state index contributed by atoms with van der Waals surface area (Å²) in [5.74, 6) is 0.0325. The molecule has 1 aromatic carbocycles. The Bertz CT molecular complexity index is 379. The van der Waals surface area contributed by atoms with Crippen molar-refractivity contribution in [3.8, 4) is 11.8 Å². The third kappa shape index (κ3) is 2.90. The molecule has 72 valence electrons. The van der Waals surface area contributed by atoms with Gasteiger partial charge in [0.25, 0.3) is 0 Å². The Balaban J connectivity index is 2.86. The van der Waals surface area contributed by atoms with Crippen molar-refractivity contribution in [2.75, 3.05) is 5.33 Å². The fourth-order valence-electron chi connectivity index (χ4n) is 1.03. The molecule has 1 N–H and O–H groups in total. The van der Waals surface area contributed by atoms with Crippen LogP contribution < -0.4 is 0 Å². The molecular formula is C11H10BrNO. The Morgan fingerprint density at radius 2 is 2.29 bits per heavy atom. The number of phenolic OH excluding ortho intramolecular Hbond substituents is 1. The number of nitrogens with zero attached hydrogens (tertiary/aromatic N) is 1. The van der Waals surface area contributed by atoms with Gasteiger partial charge in [0, 0.05) is 5.33 Å². The van der Waals surface area contributed by atoms with Gasteiger partial charge in [-0.05, 0) is 24.1 Å². The minimum absolute atomic E-state index is 0.0325. The van der Waals surface area contributed by atoms with Crippen LogP contribution in [0.4, 0.5) is 0 Å². The number of rotatable bonds is 3. The van der Waals surface area contributed by atoms with Gasteiger partial charge in [-0.2, -0.15) is 5.26 Å². The van der Waals surface area contributed by atoms with Crippen LogP contribution in [0.2, 0.25) is 0 Å². The van der Waals surface area contributed by atoms with Crippen LogP contribution >= 0.6 is 15.9 Å². The molecule has 1 rings (SSSR count). The highest BCUT2D eigenvalue weighted by Gasteiger charge is 1.98. The first kappa shape index (κ1) is 10.8. The van der Waals surface area contributed by atoms with Gasteiger partial charge < -0.3 is 5.11 Å². The van der Waals surface area contributed by atoms with E-state index in [0.29, 0.717) is 5.56 Å². The Labute approximate surface area is 91.6 Å². The van der Waals surface area contributed by atoms with Gasteiger partial charge in [0.15, 0.2) is 0 Å². The van der Waals surface area contributed by atoms with Crippen molar-refractivity contribution in [2.45, 2.75) is 6.42 Å². The molecule has 0 heterocycles. The van der Waals surface area contributed by atoms with Crippen molar-refractivity contribution in [3.63, 3.8) is 0 Å². The van der Waals surface area contributed by atoms with Crippen LogP contribution in [-0.2, 0) is 0 Å². The van der Waals surface area contributed by atoms with E-state index in [2.05, 4.69) is 15.9 Å². The van der Waals surface area contributed by atoms with Crippen LogP contribution in [0.25, 0.3) is 6.08 Å². The van der Waals surface area contributed by atoms with Crippen LogP contribution in [-0.4, -0.2) is 10.4 Å². The molecular weight excluding hydrogens is 242 g/mol. The van der Waals surface area contributed by atoms with Gasteiger partial charge in [0.2, 0.25) is 0 Å². The van der Waals surface area contributed by atoms with E-state index in [1.54, 1.807) is 12.1 Å². The molecule has 1 aromatic rings. The van der Waals surface area contributed by atoms with E-state index in [1.165, 1.54) is 6.07 Å². The van der Waals surface area contributed by atoms with E-state index < -0.39 is 0 Å². The molecule has 0 saturated carbocycles. The van der Waals surface area contributed by atoms with Crippen LogP contribution in [0, 0.1) is 11.3 Å². The summed E-state index contributed by atoms with van der Waals surface area (Å²) in [7, 11) is 0. The standard InChI is InChI=1S/C11H10BrNO/c12-6-2-1-3-9-4-5-11(14)10(7-9)8-13/h1,3-5,7,14H,2,6H2. The lowest BCUT2D eigenvalue weighted by molar-refractivity contribution is 0.473. The second-order valence-corrected chi connectivity index (χ2v) is 3.56. The molecule has 0 atom stereocenters. The van der Waals surface area contributed by atoms with Crippen molar-refractivity contribution >= 4 is 22.0 Å². The van der Waals surface area contributed by atoms with E-state index in [9.17, 15) is 5.11 Å². The Morgan fingerprint density at radius 1 is 1.50 bits per heavy atom. The average molecular weight is 252 g/mol. The molecule has 3 heteroatoms. The highest BCUT2D eigenvalue weighted by molar-refractivity contribution is 9.09. The number of phenols is 1. The van der Waals surface area contributed by atoms with Gasteiger partial charge in [-0.3, -0.25) is 0 Å². The van der Waals surface area contributed by atoms with Crippen molar-refractivity contribution < 1.29 is 5.11 Å². The van der Waals surface area contributed by atoms with Crippen LogP contribution in [0.15, 0.2) is 24.3 Å². The van der Waals surface area contributed by atoms with Crippen LogP contribution in [0.3, 0.4) is 0 Å². The molecule has 0 aliphatic rings. The van der Waals surface area contributed by atoms with Gasteiger partial charge in [-0.15, -0.1) is 0 Å². The second-order valence-electron chi connectivity index (χ2n) is 2.77. The topological polar surface area (TPSA) is 44.0 Å². The maximum Gasteiger partial charge on any atom is 0.133 e. The predicted molar refractivity (Wildman–Crippen MR) is 60.3 cm³/mol. The van der Waals surface area contributed by atoms with Crippen molar-refractivity contribution in [2.24, 2.45) is 0 Å². The number of benzene rings is 1. The summed E-state index contributed by atoms with van der Waals surface area (Å²) >= 11 is 3.32. The van der Waals surface area contributed by atoms with E-state index in [4.69, 9.17) is 5.26 Å². The van der Waals surface area contributed by atoms with Gasteiger partial charge in [0.1, 0.15) is 11.8 Å². The molecule has 0 spiro atoms. The van der Waals surface area contributed by atoms with Crippen molar-refractivity contribution in [1.29, 1.82) is 5.26 Å². The molecule has 0 fully saturated rings. The van der Waals surface area contributed by atoms with Crippen molar-refractivity contribution in [3.05, 3.63) is 35.4 Å². The average Bonchev–Trinajstić information content (AvgIpc) is 2.21. The highest BCUT2D eigenvalue weighted by atomic mass is 79.9. The number of halogens is 1. The zero-order valence-corrected chi connectivity index (χ0v) is 9.16. The van der Waals surface area contributed by atoms with Crippen LogP contribution in [0.1, 0.15) is 17.5 Å². The zero-order chi connectivity index (χ0) is 10.4. The summed E-state index contributed by atoms with van der Waals surface area (Å²) in [6, 6.07) is 6.91. The summed E-state index contributed by atoms with van der Waals surface area (Å²) in [5, 5.41) is 18.8. The number of hydrogen-bond donors (Lipinski definition) is 1. The number of aromatic hydroxyl groups is 1. The number of hydrogen-bond acceptors (Lipinski definition) is 2. The van der Waals surface area contributed by atoms with Crippen molar-refractivity contribution in [1.82, 2.24) is 0 Å². The van der Waals surface area contributed by atoms with Gasteiger partial charge in [0.05, 0.1) is 5.56 Å². The normalized spacial score (nSPS) is 10.3. The fourth-order valence-corrected chi connectivity index (χ4v) is 1.29. The lowest BCUT2D eigenvalue weighted by atomic mass is 10.1. The van der Waals surface area contributed by atoms with E-state index in [0.717, 1.165) is 17.3 Å². The van der Waals surface area contributed by atoms with E-state index in [-0.39, 0.29) is 5.75 Å². The van der Waals surface area contributed by atoms with Gasteiger partial charge in [-0.1, -0.05) is 34.1 Å². The minimum atomic E-state index is 0.0325. The lowest BCUT2D eigenvalue weighted by Crippen LogP contribution is -1.78. The third-order valence-electron chi connectivity index (χ3n) is 1.73. The van der Waals surface area contributed by atoms with E-state index in [1.807, 2.05) is 18.2 Å². The summed E-state index contributed by atoms with van der Waals surface area (Å²) in [4.78, 5) is 0. The summed E-state index contributed by atoms with van der Waals surface area (Å²) in [6.45, 7) is 0. The molecule has 0 radical (unpaired) electrons. The Morgan fingerprint density at radius 3 is 2.93 bits per heavy atom. The summed E-state index contributed by atoms with van der Waals surface area (Å²) < 4.78 is 0. The molecule has 2 nitrogen and oxygen atoms in total. The molecule has 0 aliphatic carbocycles. The zero-order valence-electron chi connectivity index (χ0n) is 7.57. The monoisotopic (exact) mass is 251 g/mol. The first-order chi connectivity index (χ1) is 6.77. The lowest BCUT2D eigenvalue weighted by Gasteiger charge is -1.97. The van der Waals surface area contributed by atoms with E-state index >= 15 is 0 Å². The van der Waals surface area contributed by atoms with Gasteiger partial charge >= 0.3 is 0 Å². The number of nitriles is 1. The summed E-state index contributed by atoms with van der Waals surface area (Å²) in [5.41, 5.74) is 1.24. The summed E-state index contributed by atoms with van der Waals surface area (Å²) in [6.07, 6.45) is 4.90. The maximum absolute atomic E-state index is 9.25. The molecule has 0 saturated heterocycles.